The number of allylic oxidation sites excluding steroid dienone is 8. The zero-order valence-electron chi connectivity index (χ0n) is 21.0. The van der Waals surface area contributed by atoms with E-state index in [2.05, 4.69) is 48.6 Å². The van der Waals surface area contributed by atoms with E-state index in [1.165, 1.54) is 0 Å². The molecule has 0 unspecified atom stereocenters. The summed E-state index contributed by atoms with van der Waals surface area (Å²) in [7, 11) is 0. The van der Waals surface area contributed by atoms with Gasteiger partial charge in [-0.2, -0.15) is 0 Å². The third-order valence-corrected chi connectivity index (χ3v) is 5.89. The Hall–Kier alpha value is -3.34. The van der Waals surface area contributed by atoms with Crippen LogP contribution in [0, 0.1) is 6.92 Å². The summed E-state index contributed by atoms with van der Waals surface area (Å²) in [6, 6.07) is 5.48. The molecule has 5 heteroatoms. The summed E-state index contributed by atoms with van der Waals surface area (Å²) in [6.07, 6.45) is 27.4. The molecule has 1 aromatic heterocycles. The normalized spacial score (nSPS) is 12.3. The maximum absolute atomic E-state index is 12.4. The molecular formula is C30H40N2O3. The maximum atomic E-state index is 12.4. The minimum atomic E-state index is -0.240. The second-order valence-corrected chi connectivity index (χ2v) is 8.80. The summed E-state index contributed by atoms with van der Waals surface area (Å²) in [5.41, 5.74) is 13.6. The molecule has 0 radical (unpaired) electrons. The van der Waals surface area contributed by atoms with Crippen molar-refractivity contribution in [2.75, 3.05) is 5.73 Å². The first-order valence-electron chi connectivity index (χ1n) is 12.7. The third-order valence-electron chi connectivity index (χ3n) is 5.89. The smallest absolute Gasteiger partial charge is 0.339 e. The number of fused-ring (bicyclic) bond motifs is 1. The van der Waals surface area contributed by atoms with Crippen LogP contribution >= 0.6 is 0 Å². The summed E-state index contributed by atoms with van der Waals surface area (Å²) in [6.45, 7) is 1.99. The average Bonchev–Trinajstić information content (AvgIpc) is 2.81. The van der Waals surface area contributed by atoms with Gasteiger partial charge in [0.05, 0.1) is 0 Å². The molecule has 0 bridgehead atoms. The Kier molecular flexibility index (Phi) is 13.0. The second kappa shape index (κ2) is 16.3. The van der Waals surface area contributed by atoms with Gasteiger partial charge in [-0.05, 0) is 82.4 Å². The van der Waals surface area contributed by atoms with E-state index in [1.54, 1.807) is 6.07 Å². The number of carbonyl (C=O) groups is 1. The Morgan fingerprint density at radius 2 is 1.46 bits per heavy atom. The zero-order valence-corrected chi connectivity index (χ0v) is 21.0. The van der Waals surface area contributed by atoms with Gasteiger partial charge < -0.3 is 15.9 Å². The first kappa shape index (κ1) is 27.9. The first-order chi connectivity index (χ1) is 17.0. The summed E-state index contributed by atoms with van der Waals surface area (Å²) >= 11 is 0. The number of aryl methyl sites for hydroxylation is 1. The standard InChI is InChI=1S/C30H40N2O3/c1-24-26-22-21-25(31)23-28(26)35-30(34)27(24)19-17-15-13-11-9-7-5-3-2-4-6-8-10-12-14-16-18-20-29(32)33/h2-3,6-9,12,14,21-23H,4-5,10-11,13,15-20,31H2,1H3,(H2,32,33)/b3-2-,8-6-,9-7-,14-12-. The predicted molar refractivity (Wildman–Crippen MR) is 147 cm³/mol. The first-order valence-corrected chi connectivity index (χ1v) is 12.7. The molecule has 0 aliphatic heterocycles. The van der Waals surface area contributed by atoms with E-state index in [0.29, 0.717) is 17.7 Å². The van der Waals surface area contributed by atoms with Gasteiger partial charge in [-0.25, -0.2) is 4.79 Å². The molecule has 2 rings (SSSR count). The molecule has 0 saturated heterocycles. The fraction of sp³-hybridized carbons (Fsp3) is 0.400. The Morgan fingerprint density at radius 3 is 2.09 bits per heavy atom. The van der Waals surface area contributed by atoms with Gasteiger partial charge >= 0.3 is 5.63 Å². The quantitative estimate of drug-likeness (QED) is 0.120. The lowest BCUT2D eigenvalue weighted by molar-refractivity contribution is -0.118. The van der Waals surface area contributed by atoms with Gasteiger partial charge in [0.2, 0.25) is 5.91 Å². The Morgan fingerprint density at radius 1 is 0.857 bits per heavy atom. The van der Waals surface area contributed by atoms with Crippen molar-refractivity contribution in [2.24, 2.45) is 5.73 Å². The molecule has 1 amide bonds. The van der Waals surface area contributed by atoms with Crippen LogP contribution in [-0.4, -0.2) is 5.91 Å². The molecule has 188 valence electrons. The van der Waals surface area contributed by atoms with Crippen molar-refractivity contribution >= 4 is 22.6 Å². The monoisotopic (exact) mass is 476 g/mol. The van der Waals surface area contributed by atoms with Gasteiger partial charge in [-0.3, -0.25) is 4.79 Å². The van der Waals surface area contributed by atoms with Crippen LogP contribution in [-0.2, 0) is 11.2 Å². The topological polar surface area (TPSA) is 99.3 Å². The lowest BCUT2D eigenvalue weighted by Gasteiger charge is -2.08. The highest BCUT2D eigenvalue weighted by molar-refractivity contribution is 5.83. The Labute approximate surface area is 209 Å². The number of anilines is 1. The number of carbonyl (C=O) groups excluding carboxylic acids is 1. The molecule has 0 aliphatic rings. The van der Waals surface area contributed by atoms with E-state index in [0.717, 1.165) is 80.7 Å². The highest BCUT2D eigenvalue weighted by atomic mass is 16.4. The van der Waals surface area contributed by atoms with Crippen LogP contribution in [0.5, 0.6) is 0 Å². The number of rotatable bonds is 16. The van der Waals surface area contributed by atoms with E-state index in [-0.39, 0.29) is 11.5 Å². The molecule has 5 nitrogen and oxygen atoms in total. The summed E-state index contributed by atoms with van der Waals surface area (Å²) in [5, 5.41) is 0.964. The van der Waals surface area contributed by atoms with Gasteiger partial charge in [0.15, 0.2) is 0 Å². The number of amides is 1. The van der Waals surface area contributed by atoms with Gasteiger partial charge in [0, 0.05) is 29.1 Å². The molecule has 4 N–H and O–H groups in total. The van der Waals surface area contributed by atoms with E-state index >= 15 is 0 Å². The van der Waals surface area contributed by atoms with Crippen molar-refractivity contribution in [2.45, 2.75) is 77.6 Å². The Bertz CT molecular complexity index is 1110. The van der Waals surface area contributed by atoms with Gasteiger partial charge in [0.1, 0.15) is 5.58 Å². The summed E-state index contributed by atoms with van der Waals surface area (Å²) in [4.78, 5) is 23.0. The van der Waals surface area contributed by atoms with Crippen LogP contribution in [0.2, 0.25) is 0 Å². The van der Waals surface area contributed by atoms with Gasteiger partial charge in [0.25, 0.3) is 0 Å². The maximum Gasteiger partial charge on any atom is 0.339 e. The van der Waals surface area contributed by atoms with Gasteiger partial charge in [-0.1, -0.05) is 55.0 Å². The van der Waals surface area contributed by atoms with Gasteiger partial charge in [-0.15, -0.1) is 0 Å². The lowest BCUT2D eigenvalue weighted by Crippen LogP contribution is -2.10. The number of unbranched alkanes of at least 4 members (excludes halogenated alkanes) is 4. The largest absolute Gasteiger partial charge is 0.422 e. The van der Waals surface area contributed by atoms with Crippen LogP contribution in [0.4, 0.5) is 5.69 Å². The molecule has 0 aliphatic carbocycles. The van der Waals surface area contributed by atoms with Crippen molar-refractivity contribution in [1.82, 2.24) is 0 Å². The number of nitrogen functional groups attached to an aromatic ring is 1. The minimum absolute atomic E-state index is 0.230. The molecule has 0 atom stereocenters. The van der Waals surface area contributed by atoms with Crippen molar-refractivity contribution < 1.29 is 9.21 Å². The second-order valence-electron chi connectivity index (χ2n) is 8.80. The number of benzene rings is 1. The van der Waals surface area contributed by atoms with Crippen LogP contribution < -0.4 is 17.1 Å². The fourth-order valence-electron chi connectivity index (χ4n) is 3.88. The fourth-order valence-corrected chi connectivity index (χ4v) is 3.88. The summed E-state index contributed by atoms with van der Waals surface area (Å²) < 4.78 is 5.48. The van der Waals surface area contributed by atoms with Crippen LogP contribution in [0.15, 0.2) is 76.0 Å². The highest BCUT2D eigenvalue weighted by Crippen LogP contribution is 2.22. The zero-order chi connectivity index (χ0) is 25.3. The molecule has 35 heavy (non-hydrogen) atoms. The van der Waals surface area contributed by atoms with E-state index in [4.69, 9.17) is 15.9 Å². The Balaban J connectivity index is 1.54. The van der Waals surface area contributed by atoms with E-state index in [9.17, 15) is 9.59 Å². The molecular weight excluding hydrogens is 436 g/mol. The average molecular weight is 477 g/mol. The minimum Gasteiger partial charge on any atom is -0.422 e. The molecule has 0 saturated carbocycles. The molecule has 0 spiro atoms. The van der Waals surface area contributed by atoms with Crippen molar-refractivity contribution in [3.63, 3.8) is 0 Å². The van der Waals surface area contributed by atoms with Crippen LogP contribution in [0.25, 0.3) is 11.0 Å². The molecule has 2 aromatic rings. The van der Waals surface area contributed by atoms with Crippen molar-refractivity contribution in [3.8, 4) is 0 Å². The molecule has 1 heterocycles. The SMILES string of the molecule is Cc1c(CCCCC/C=C\C/C=C\C/C=C\C/C=C\CCCC(N)=O)c(=O)oc2cc(N)ccc12. The number of hydrogen-bond acceptors (Lipinski definition) is 4. The predicted octanol–water partition coefficient (Wildman–Crippen LogP) is 6.84. The summed E-state index contributed by atoms with van der Waals surface area (Å²) in [5.74, 6) is -0.230. The highest BCUT2D eigenvalue weighted by Gasteiger charge is 2.11. The molecule has 1 aromatic carbocycles. The number of nitrogens with two attached hydrogens (primary N) is 2. The van der Waals surface area contributed by atoms with Crippen molar-refractivity contribution in [3.05, 3.63) is 88.4 Å². The van der Waals surface area contributed by atoms with Crippen molar-refractivity contribution in [1.29, 1.82) is 0 Å². The molecule has 0 fully saturated rings. The third kappa shape index (κ3) is 11.1. The lowest BCUT2D eigenvalue weighted by atomic mass is 10.0. The van der Waals surface area contributed by atoms with Crippen LogP contribution in [0.1, 0.15) is 75.3 Å². The van der Waals surface area contributed by atoms with E-state index in [1.807, 2.05) is 19.1 Å². The number of primary amides is 1. The number of hydrogen-bond donors (Lipinski definition) is 2. The van der Waals surface area contributed by atoms with Crippen LogP contribution in [0.3, 0.4) is 0 Å². The van der Waals surface area contributed by atoms with E-state index < -0.39 is 0 Å².